The molecule has 0 amide bonds. The van der Waals surface area contributed by atoms with E-state index in [2.05, 4.69) is 17.9 Å². The predicted molar refractivity (Wildman–Crippen MR) is 52.1 cm³/mol. The Bertz CT molecular complexity index is 219. The van der Waals surface area contributed by atoms with Crippen molar-refractivity contribution in [1.82, 2.24) is 4.90 Å². The molecule has 1 saturated carbocycles. The van der Waals surface area contributed by atoms with Gasteiger partial charge in [-0.25, -0.2) is 0 Å². The zero-order chi connectivity index (χ0) is 9.26. The summed E-state index contributed by atoms with van der Waals surface area (Å²) >= 11 is 0. The Labute approximate surface area is 80.5 Å². The third kappa shape index (κ3) is 1.71. The molecule has 3 atom stereocenters. The van der Waals surface area contributed by atoms with Crippen molar-refractivity contribution in [3.8, 4) is 6.07 Å². The molecule has 1 saturated heterocycles. The van der Waals surface area contributed by atoms with Crippen molar-refractivity contribution in [2.24, 2.45) is 11.8 Å². The lowest BCUT2D eigenvalue weighted by atomic mass is 10.0. The molecule has 13 heavy (non-hydrogen) atoms. The van der Waals surface area contributed by atoms with E-state index in [0.717, 1.165) is 12.3 Å². The number of rotatable bonds is 1. The van der Waals surface area contributed by atoms with Crippen LogP contribution in [0, 0.1) is 23.2 Å². The molecule has 0 aromatic heterocycles. The van der Waals surface area contributed by atoms with Crippen molar-refractivity contribution >= 4 is 0 Å². The quantitative estimate of drug-likeness (QED) is 0.614. The smallest absolute Gasteiger partial charge is 0.0672 e. The van der Waals surface area contributed by atoms with Crippen LogP contribution in [0.25, 0.3) is 0 Å². The summed E-state index contributed by atoms with van der Waals surface area (Å²) in [5, 5.41) is 8.99. The highest BCUT2D eigenvalue weighted by molar-refractivity contribution is 4.98. The van der Waals surface area contributed by atoms with Crippen LogP contribution in [0.2, 0.25) is 0 Å². The average Bonchev–Trinajstić information content (AvgIpc) is 2.71. The predicted octanol–water partition coefficient (Wildman–Crippen LogP) is 2.02. The molecule has 3 unspecified atom stereocenters. The fraction of sp³-hybridized carbons (Fsp3) is 0.909. The summed E-state index contributed by atoms with van der Waals surface area (Å²) in [5.74, 6) is 1.17. The van der Waals surface area contributed by atoms with Crippen molar-refractivity contribution in [3.63, 3.8) is 0 Å². The molecule has 2 fully saturated rings. The van der Waals surface area contributed by atoms with E-state index in [0.29, 0.717) is 12.0 Å². The second-order valence-corrected chi connectivity index (χ2v) is 4.62. The fourth-order valence-corrected chi connectivity index (χ4v) is 2.80. The monoisotopic (exact) mass is 178 g/mol. The van der Waals surface area contributed by atoms with Crippen LogP contribution in [0.15, 0.2) is 0 Å². The molecule has 2 rings (SSSR count). The highest BCUT2D eigenvalue weighted by Gasteiger charge is 2.34. The van der Waals surface area contributed by atoms with Gasteiger partial charge < -0.3 is 0 Å². The zero-order valence-corrected chi connectivity index (χ0v) is 8.37. The Hall–Kier alpha value is -0.550. The molecule has 2 aliphatic rings. The number of nitrogens with zero attached hydrogens (tertiary/aromatic N) is 2. The topological polar surface area (TPSA) is 27.0 Å². The van der Waals surface area contributed by atoms with Crippen molar-refractivity contribution in [2.45, 2.75) is 38.6 Å². The van der Waals surface area contributed by atoms with Gasteiger partial charge in [-0.15, -0.1) is 0 Å². The molecule has 1 aliphatic heterocycles. The third-order valence-corrected chi connectivity index (χ3v) is 3.57. The highest BCUT2D eigenvalue weighted by atomic mass is 15.2. The third-order valence-electron chi connectivity index (χ3n) is 3.57. The molecule has 0 N–H and O–H groups in total. The summed E-state index contributed by atoms with van der Waals surface area (Å²) in [4.78, 5) is 2.55. The normalized spacial score (nSPS) is 40.8. The van der Waals surface area contributed by atoms with Crippen LogP contribution in [0.1, 0.15) is 32.6 Å². The van der Waals surface area contributed by atoms with Gasteiger partial charge in [0.2, 0.25) is 0 Å². The van der Waals surface area contributed by atoms with Gasteiger partial charge in [-0.3, -0.25) is 4.90 Å². The molecular formula is C11H18N2. The number of nitriles is 1. The molecule has 0 bridgehead atoms. The van der Waals surface area contributed by atoms with Crippen molar-refractivity contribution in [1.29, 1.82) is 5.26 Å². The van der Waals surface area contributed by atoms with Gasteiger partial charge in [-0.1, -0.05) is 13.3 Å². The van der Waals surface area contributed by atoms with Crippen molar-refractivity contribution < 1.29 is 0 Å². The van der Waals surface area contributed by atoms with Crippen LogP contribution in [-0.4, -0.2) is 24.0 Å². The molecule has 72 valence electrons. The van der Waals surface area contributed by atoms with Crippen molar-refractivity contribution in [2.75, 3.05) is 13.1 Å². The minimum Gasteiger partial charge on any atom is -0.299 e. The van der Waals surface area contributed by atoms with E-state index >= 15 is 0 Å². The molecule has 0 spiro atoms. The first kappa shape index (κ1) is 9.02. The molecule has 0 aromatic carbocycles. The van der Waals surface area contributed by atoms with Crippen LogP contribution < -0.4 is 0 Å². The first-order valence-electron chi connectivity index (χ1n) is 5.45. The van der Waals surface area contributed by atoms with Gasteiger partial charge in [-0.05, 0) is 31.7 Å². The van der Waals surface area contributed by atoms with Gasteiger partial charge in [0.05, 0.1) is 12.0 Å². The van der Waals surface area contributed by atoms with E-state index < -0.39 is 0 Å². The number of hydrogen-bond donors (Lipinski definition) is 0. The van der Waals surface area contributed by atoms with Gasteiger partial charge in [0.15, 0.2) is 0 Å². The lowest BCUT2D eigenvalue weighted by Gasteiger charge is -2.25. The summed E-state index contributed by atoms with van der Waals surface area (Å²) < 4.78 is 0. The fourth-order valence-electron chi connectivity index (χ4n) is 2.80. The Morgan fingerprint density at radius 2 is 2.15 bits per heavy atom. The highest BCUT2D eigenvalue weighted by Crippen LogP contribution is 2.32. The van der Waals surface area contributed by atoms with Crippen LogP contribution in [0.3, 0.4) is 0 Å². The Balaban J connectivity index is 1.97. The van der Waals surface area contributed by atoms with Gasteiger partial charge in [0.25, 0.3) is 0 Å². The van der Waals surface area contributed by atoms with E-state index in [4.69, 9.17) is 5.26 Å². The molecule has 1 heterocycles. The van der Waals surface area contributed by atoms with Gasteiger partial charge in [0, 0.05) is 12.6 Å². The minimum absolute atomic E-state index is 0.324. The van der Waals surface area contributed by atoms with E-state index in [1.807, 2.05) is 0 Å². The largest absolute Gasteiger partial charge is 0.299 e. The summed E-state index contributed by atoms with van der Waals surface area (Å²) in [6.45, 7) is 4.77. The molecule has 2 heteroatoms. The van der Waals surface area contributed by atoms with E-state index in [1.54, 1.807) is 0 Å². The van der Waals surface area contributed by atoms with E-state index in [9.17, 15) is 0 Å². The molecule has 0 aromatic rings. The maximum Gasteiger partial charge on any atom is 0.0672 e. The van der Waals surface area contributed by atoms with Crippen LogP contribution in [-0.2, 0) is 0 Å². The summed E-state index contributed by atoms with van der Waals surface area (Å²) in [6.07, 6.45) is 4.97. The lowest BCUT2D eigenvalue weighted by molar-refractivity contribution is 0.214. The van der Waals surface area contributed by atoms with Gasteiger partial charge in [0.1, 0.15) is 0 Å². The second kappa shape index (κ2) is 3.67. The van der Waals surface area contributed by atoms with Gasteiger partial charge >= 0.3 is 0 Å². The lowest BCUT2D eigenvalue weighted by Crippen LogP contribution is -2.35. The SMILES string of the molecule is CC1CCN(C2CCCC2C#N)C1. The first-order chi connectivity index (χ1) is 6.31. The number of likely N-dealkylation sites (tertiary alicyclic amines) is 1. The summed E-state index contributed by atoms with van der Waals surface area (Å²) in [6, 6.07) is 3.06. The second-order valence-electron chi connectivity index (χ2n) is 4.62. The maximum absolute atomic E-state index is 8.99. The van der Waals surface area contributed by atoms with Crippen LogP contribution >= 0.6 is 0 Å². The molecule has 0 radical (unpaired) electrons. The first-order valence-corrected chi connectivity index (χ1v) is 5.45. The Morgan fingerprint density at radius 1 is 1.31 bits per heavy atom. The molecular weight excluding hydrogens is 160 g/mol. The summed E-state index contributed by atoms with van der Waals surface area (Å²) in [7, 11) is 0. The Kier molecular flexibility index (Phi) is 2.55. The van der Waals surface area contributed by atoms with Crippen molar-refractivity contribution in [3.05, 3.63) is 0 Å². The van der Waals surface area contributed by atoms with Crippen LogP contribution in [0.4, 0.5) is 0 Å². The van der Waals surface area contributed by atoms with E-state index in [-0.39, 0.29) is 0 Å². The van der Waals surface area contributed by atoms with Gasteiger partial charge in [-0.2, -0.15) is 5.26 Å². The molecule has 2 nitrogen and oxygen atoms in total. The standard InChI is InChI=1S/C11H18N2/c1-9-5-6-13(8-9)11-4-2-3-10(11)7-12/h9-11H,2-6,8H2,1H3. The van der Waals surface area contributed by atoms with Crippen LogP contribution in [0.5, 0.6) is 0 Å². The van der Waals surface area contributed by atoms with E-state index in [1.165, 1.54) is 32.4 Å². The number of hydrogen-bond acceptors (Lipinski definition) is 2. The average molecular weight is 178 g/mol. The minimum atomic E-state index is 0.324. The molecule has 1 aliphatic carbocycles. The summed E-state index contributed by atoms with van der Waals surface area (Å²) in [5.41, 5.74) is 0. The maximum atomic E-state index is 8.99. The zero-order valence-electron chi connectivity index (χ0n) is 8.37. The Morgan fingerprint density at radius 3 is 2.77 bits per heavy atom.